The molecule has 1 aromatic rings. The van der Waals surface area contributed by atoms with E-state index in [0.29, 0.717) is 13.0 Å². The summed E-state index contributed by atoms with van der Waals surface area (Å²) in [5, 5.41) is 11.5. The van der Waals surface area contributed by atoms with Gasteiger partial charge in [0, 0.05) is 19.6 Å². The number of fused-ring (bicyclic) bond motifs is 1. The van der Waals surface area contributed by atoms with Gasteiger partial charge in [-0.15, -0.1) is 10.2 Å². The lowest BCUT2D eigenvalue weighted by Crippen LogP contribution is -2.55. The summed E-state index contributed by atoms with van der Waals surface area (Å²) in [5.74, 6) is 1.68. The molecule has 2 aliphatic rings. The lowest BCUT2D eigenvalue weighted by Gasteiger charge is -2.23. The quantitative estimate of drug-likeness (QED) is 0.835. The Kier molecular flexibility index (Phi) is 3.95. The number of nitrogens with zero attached hydrogens (tertiary/aromatic N) is 3. The van der Waals surface area contributed by atoms with Gasteiger partial charge in [0.2, 0.25) is 5.91 Å². The topological polar surface area (TPSA) is 95.1 Å². The Bertz CT molecular complexity index is 521. The zero-order chi connectivity index (χ0) is 14.9. The van der Waals surface area contributed by atoms with Crippen LogP contribution in [0.4, 0.5) is 0 Å². The summed E-state index contributed by atoms with van der Waals surface area (Å²) in [7, 11) is 0. The van der Waals surface area contributed by atoms with Gasteiger partial charge >= 0.3 is 0 Å². The summed E-state index contributed by atoms with van der Waals surface area (Å²) >= 11 is 0. The summed E-state index contributed by atoms with van der Waals surface area (Å²) in [6, 6.07) is -0.196. The molecule has 2 atom stereocenters. The van der Waals surface area contributed by atoms with Gasteiger partial charge in [-0.05, 0) is 26.2 Å². The van der Waals surface area contributed by atoms with Crippen LogP contribution >= 0.6 is 0 Å². The molecule has 7 heteroatoms. The van der Waals surface area contributed by atoms with E-state index in [1.54, 1.807) is 0 Å². The van der Waals surface area contributed by atoms with Crippen LogP contribution in [0.2, 0.25) is 0 Å². The van der Waals surface area contributed by atoms with Crippen LogP contribution in [0.1, 0.15) is 50.3 Å². The van der Waals surface area contributed by atoms with Crippen molar-refractivity contribution in [3.05, 3.63) is 11.6 Å². The van der Waals surface area contributed by atoms with Crippen molar-refractivity contribution in [2.45, 2.75) is 57.2 Å². The minimum Gasteiger partial charge on any atom is -0.379 e. The standard InChI is InChI=1S/C14H23N5O2/c1-10(16-13(20)14(15)6-8-21-9-14)12-18-17-11-5-3-2-4-7-19(11)12/h10H,2-9,15H2,1H3,(H,16,20). The van der Waals surface area contributed by atoms with E-state index in [0.717, 1.165) is 37.5 Å². The van der Waals surface area contributed by atoms with Crippen LogP contribution in [-0.2, 0) is 22.5 Å². The third-order valence-electron chi connectivity index (χ3n) is 4.38. The molecule has 0 saturated carbocycles. The molecular formula is C14H23N5O2. The van der Waals surface area contributed by atoms with Crippen LogP contribution in [0, 0.1) is 0 Å². The SMILES string of the molecule is CC(NC(=O)C1(N)CCOC1)c1nnc2n1CCCCC2. The molecule has 1 saturated heterocycles. The minimum absolute atomic E-state index is 0.168. The van der Waals surface area contributed by atoms with Crippen LogP contribution in [0.5, 0.6) is 0 Å². The molecule has 2 unspecified atom stereocenters. The molecule has 2 aliphatic heterocycles. The molecule has 3 N–H and O–H groups in total. The average Bonchev–Trinajstić information content (AvgIpc) is 3.01. The van der Waals surface area contributed by atoms with E-state index < -0.39 is 5.54 Å². The smallest absolute Gasteiger partial charge is 0.243 e. The van der Waals surface area contributed by atoms with Gasteiger partial charge in [0.15, 0.2) is 5.82 Å². The highest BCUT2D eigenvalue weighted by molar-refractivity contribution is 5.86. The maximum Gasteiger partial charge on any atom is 0.243 e. The van der Waals surface area contributed by atoms with Crippen LogP contribution in [0.3, 0.4) is 0 Å². The van der Waals surface area contributed by atoms with E-state index >= 15 is 0 Å². The van der Waals surface area contributed by atoms with Gasteiger partial charge in [-0.1, -0.05) is 6.42 Å². The lowest BCUT2D eigenvalue weighted by molar-refractivity contribution is -0.127. The van der Waals surface area contributed by atoms with Gasteiger partial charge in [-0.2, -0.15) is 0 Å². The zero-order valence-electron chi connectivity index (χ0n) is 12.5. The Hall–Kier alpha value is -1.47. The second-order valence-electron chi connectivity index (χ2n) is 6.09. The first kappa shape index (κ1) is 14.5. The number of carbonyl (C=O) groups excluding carboxylic acids is 1. The van der Waals surface area contributed by atoms with Gasteiger partial charge in [-0.25, -0.2) is 0 Å². The Morgan fingerprint density at radius 1 is 1.43 bits per heavy atom. The fraction of sp³-hybridized carbons (Fsp3) is 0.786. The average molecular weight is 293 g/mol. The fourth-order valence-corrected chi connectivity index (χ4v) is 2.99. The molecule has 21 heavy (non-hydrogen) atoms. The van der Waals surface area contributed by atoms with E-state index in [2.05, 4.69) is 20.1 Å². The Balaban J connectivity index is 1.72. The molecule has 0 radical (unpaired) electrons. The number of aromatic nitrogens is 3. The predicted molar refractivity (Wildman–Crippen MR) is 76.5 cm³/mol. The van der Waals surface area contributed by atoms with Crippen LogP contribution in [0.15, 0.2) is 0 Å². The highest BCUT2D eigenvalue weighted by Gasteiger charge is 2.39. The molecule has 0 bridgehead atoms. The van der Waals surface area contributed by atoms with Gasteiger partial charge in [-0.3, -0.25) is 4.79 Å². The number of hydrogen-bond donors (Lipinski definition) is 2. The Morgan fingerprint density at radius 3 is 3.05 bits per heavy atom. The Labute approximate surface area is 124 Å². The molecule has 1 aromatic heterocycles. The third kappa shape index (κ3) is 2.80. The Morgan fingerprint density at radius 2 is 2.29 bits per heavy atom. The molecular weight excluding hydrogens is 270 g/mol. The van der Waals surface area contributed by atoms with Crippen molar-refractivity contribution < 1.29 is 9.53 Å². The number of aryl methyl sites for hydroxylation is 1. The highest BCUT2D eigenvalue weighted by atomic mass is 16.5. The minimum atomic E-state index is -0.907. The largest absolute Gasteiger partial charge is 0.379 e. The summed E-state index contributed by atoms with van der Waals surface area (Å²) < 4.78 is 7.39. The zero-order valence-corrected chi connectivity index (χ0v) is 12.5. The van der Waals surface area contributed by atoms with Crippen molar-refractivity contribution in [2.24, 2.45) is 5.73 Å². The van der Waals surface area contributed by atoms with Gasteiger partial charge in [0.25, 0.3) is 0 Å². The van der Waals surface area contributed by atoms with Crippen molar-refractivity contribution >= 4 is 5.91 Å². The summed E-state index contributed by atoms with van der Waals surface area (Å²) in [4.78, 5) is 12.3. The van der Waals surface area contributed by atoms with E-state index in [-0.39, 0.29) is 18.6 Å². The first-order chi connectivity index (χ1) is 10.1. The molecule has 0 aliphatic carbocycles. The monoisotopic (exact) mass is 293 g/mol. The van der Waals surface area contributed by atoms with Crippen molar-refractivity contribution in [1.82, 2.24) is 20.1 Å². The molecule has 3 rings (SSSR count). The van der Waals surface area contributed by atoms with Gasteiger partial charge in [0.1, 0.15) is 11.4 Å². The van der Waals surface area contributed by atoms with Crippen molar-refractivity contribution in [3.63, 3.8) is 0 Å². The molecule has 0 aromatic carbocycles. The van der Waals surface area contributed by atoms with Gasteiger partial charge in [0.05, 0.1) is 12.6 Å². The fourth-order valence-electron chi connectivity index (χ4n) is 2.99. The van der Waals surface area contributed by atoms with E-state index in [9.17, 15) is 4.79 Å². The molecule has 0 spiro atoms. The first-order valence-corrected chi connectivity index (χ1v) is 7.70. The van der Waals surface area contributed by atoms with Crippen LogP contribution < -0.4 is 11.1 Å². The number of rotatable bonds is 3. The molecule has 3 heterocycles. The number of amides is 1. The second-order valence-corrected chi connectivity index (χ2v) is 6.09. The summed E-state index contributed by atoms with van der Waals surface area (Å²) in [6.07, 6.45) is 5.02. The normalized spacial score (nSPS) is 27.0. The molecule has 1 amide bonds. The van der Waals surface area contributed by atoms with Crippen LogP contribution in [-0.4, -0.2) is 39.4 Å². The third-order valence-corrected chi connectivity index (χ3v) is 4.38. The summed E-state index contributed by atoms with van der Waals surface area (Å²) in [5.41, 5.74) is 5.18. The van der Waals surface area contributed by atoms with Crippen molar-refractivity contribution in [3.8, 4) is 0 Å². The van der Waals surface area contributed by atoms with Gasteiger partial charge < -0.3 is 20.4 Å². The molecule has 7 nitrogen and oxygen atoms in total. The highest BCUT2D eigenvalue weighted by Crippen LogP contribution is 2.21. The van der Waals surface area contributed by atoms with E-state index in [1.165, 1.54) is 6.42 Å². The lowest BCUT2D eigenvalue weighted by atomic mass is 9.99. The number of nitrogens with one attached hydrogen (secondary N) is 1. The molecule has 1 fully saturated rings. The summed E-state index contributed by atoms with van der Waals surface area (Å²) in [6.45, 7) is 3.68. The maximum absolute atomic E-state index is 12.3. The molecule has 116 valence electrons. The number of nitrogens with two attached hydrogens (primary N) is 1. The maximum atomic E-state index is 12.3. The van der Waals surface area contributed by atoms with E-state index in [4.69, 9.17) is 10.5 Å². The van der Waals surface area contributed by atoms with Crippen molar-refractivity contribution in [2.75, 3.05) is 13.2 Å². The first-order valence-electron chi connectivity index (χ1n) is 7.70. The second kappa shape index (κ2) is 5.73. The van der Waals surface area contributed by atoms with E-state index in [1.807, 2.05) is 6.92 Å². The number of carbonyl (C=O) groups is 1. The predicted octanol–water partition coefficient (Wildman–Crippen LogP) is 0.300. The van der Waals surface area contributed by atoms with Crippen LogP contribution in [0.25, 0.3) is 0 Å². The van der Waals surface area contributed by atoms with Crippen molar-refractivity contribution in [1.29, 1.82) is 0 Å². The number of hydrogen-bond acceptors (Lipinski definition) is 5. The number of ether oxygens (including phenoxy) is 1.